The van der Waals surface area contributed by atoms with E-state index in [1.807, 2.05) is 30.3 Å². The molecule has 2 nitrogen and oxygen atoms in total. The van der Waals surface area contributed by atoms with Gasteiger partial charge in [-0.1, -0.05) is 32.0 Å². The number of hydrogen-bond donors (Lipinski definition) is 1. The fraction of sp³-hybridized carbons (Fsp3) is 0.462. The Balaban J connectivity index is 2.16. The van der Waals surface area contributed by atoms with Crippen molar-refractivity contribution in [3.05, 3.63) is 30.3 Å². The number of carbonyl (C=O) groups is 1. The van der Waals surface area contributed by atoms with E-state index < -0.39 is 0 Å². The summed E-state index contributed by atoms with van der Waals surface area (Å²) in [6, 6.07) is 9.99. The maximum atomic E-state index is 11.5. The zero-order chi connectivity index (χ0) is 11.8. The highest BCUT2D eigenvalue weighted by Gasteiger charge is 2.02. The van der Waals surface area contributed by atoms with Crippen LogP contribution in [0.5, 0.6) is 0 Å². The van der Waals surface area contributed by atoms with Crippen molar-refractivity contribution in [2.24, 2.45) is 5.92 Å². The third-order valence-electron chi connectivity index (χ3n) is 2.16. The molecule has 1 rings (SSSR count). The Morgan fingerprint density at radius 1 is 1.31 bits per heavy atom. The first kappa shape index (κ1) is 13.1. The van der Waals surface area contributed by atoms with Crippen LogP contribution in [0.1, 0.15) is 20.3 Å². The van der Waals surface area contributed by atoms with Gasteiger partial charge in [-0.15, -0.1) is 11.8 Å². The van der Waals surface area contributed by atoms with Gasteiger partial charge in [0, 0.05) is 11.4 Å². The number of rotatable bonds is 6. The number of benzene rings is 1. The van der Waals surface area contributed by atoms with Gasteiger partial charge in [-0.2, -0.15) is 0 Å². The van der Waals surface area contributed by atoms with Crippen LogP contribution < -0.4 is 5.32 Å². The molecule has 1 amide bonds. The van der Waals surface area contributed by atoms with Gasteiger partial charge >= 0.3 is 0 Å². The van der Waals surface area contributed by atoms with Gasteiger partial charge in [0.15, 0.2) is 0 Å². The molecule has 3 heteroatoms. The topological polar surface area (TPSA) is 29.1 Å². The summed E-state index contributed by atoms with van der Waals surface area (Å²) in [7, 11) is 0. The predicted molar refractivity (Wildman–Crippen MR) is 69.6 cm³/mol. The first-order valence-electron chi connectivity index (χ1n) is 5.63. The van der Waals surface area contributed by atoms with Gasteiger partial charge < -0.3 is 5.32 Å². The Hall–Kier alpha value is -0.960. The monoisotopic (exact) mass is 237 g/mol. The lowest BCUT2D eigenvalue weighted by Gasteiger charge is -2.06. The molecule has 0 aliphatic rings. The largest absolute Gasteiger partial charge is 0.355 e. The number of hydrogen-bond acceptors (Lipinski definition) is 2. The van der Waals surface area contributed by atoms with Gasteiger partial charge in [-0.25, -0.2) is 0 Å². The third-order valence-corrected chi connectivity index (χ3v) is 3.17. The SMILES string of the molecule is CC(C)CCNC(=O)CSc1ccccc1. The minimum Gasteiger partial charge on any atom is -0.355 e. The Morgan fingerprint density at radius 3 is 2.62 bits per heavy atom. The Bertz CT molecular complexity index is 311. The lowest BCUT2D eigenvalue weighted by molar-refractivity contribution is -0.118. The maximum Gasteiger partial charge on any atom is 0.230 e. The smallest absolute Gasteiger partial charge is 0.230 e. The van der Waals surface area contributed by atoms with Crippen LogP contribution in [0.3, 0.4) is 0 Å². The van der Waals surface area contributed by atoms with Crippen molar-refractivity contribution < 1.29 is 4.79 Å². The second-order valence-corrected chi connectivity index (χ2v) is 5.18. The summed E-state index contributed by atoms with van der Waals surface area (Å²) in [6.07, 6.45) is 1.04. The highest BCUT2D eigenvalue weighted by molar-refractivity contribution is 8.00. The normalized spacial score (nSPS) is 10.4. The second kappa shape index (κ2) is 7.34. The van der Waals surface area contributed by atoms with Crippen molar-refractivity contribution in [1.29, 1.82) is 0 Å². The van der Waals surface area contributed by atoms with Crippen molar-refractivity contribution in [3.63, 3.8) is 0 Å². The highest BCUT2D eigenvalue weighted by Crippen LogP contribution is 2.16. The lowest BCUT2D eigenvalue weighted by Crippen LogP contribution is -2.26. The van der Waals surface area contributed by atoms with Crippen molar-refractivity contribution >= 4 is 17.7 Å². The van der Waals surface area contributed by atoms with Gasteiger partial charge in [0.05, 0.1) is 5.75 Å². The molecule has 0 saturated carbocycles. The molecule has 0 heterocycles. The average molecular weight is 237 g/mol. The maximum absolute atomic E-state index is 11.5. The van der Waals surface area contributed by atoms with E-state index in [4.69, 9.17) is 0 Å². The van der Waals surface area contributed by atoms with E-state index in [0.717, 1.165) is 17.9 Å². The first-order chi connectivity index (χ1) is 7.68. The molecule has 16 heavy (non-hydrogen) atoms. The van der Waals surface area contributed by atoms with E-state index in [9.17, 15) is 4.79 Å². The minimum absolute atomic E-state index is 0.120. The summed E-state index contributed by atoms with van der Waals surface area (Å²) in [5.74, 6) is 1.26. The van der Waals surface area contributed by atoms with Crippen LogP contribution in [-0.4, -0.2) is 18.2 Å². The van der Waals surface area contributed by atoms with Gasteiger partial charge in [0.1, 0.15) is 0 Å². The first-order valence-corrected chi connectivity index (χ1v) is 6.61. The molecule has 1 aromatic carbocycles. The fourth-order valence-electron chi connectivity index (χ4n) is 1.22. The van der Waals surface area contributed by atoms with E-state index in [-0.39, 0.29) is 5.91 Å². The van der Waals surface area contributed by atoms with Crippen LogP contribution in [0, 0.1) is 5.92 Å². The Kier molecular flexibility index (Phi) is 6.01. The number of thioether (sulfide) groups is 1. The molecule has 0 fully saturated rings. The van der Waals surface area contributed by atoms with E-state index in [2.05, 4.69) is 19.2 Å². The summed E-state index contributed by atoms with van der Waals surface area (Å²) in [6.45, 7) is 5.10. The van der Waals surface area contributed by atoms with Gasteiger partial charge in [-0.05, 0) is 24.5 Å². The second-order valence-electron chi connectivity index (χ2n) is 4.13. The van der Waals surface area contributed by atoms with Crippen LogP contribution in [0.15, 0.2) is 35.2 Å². The van der Waals surface area contributed by atoms with Crippen molar-refractivity contribution in [2.45, 2.75) is 25.2 Å². The highest BCUT2D eigenvalue weighted by atomic mass is 32.2. The van der Waals surface area contributed by atoms with Crippen molar-refractivity contribution in [2.75, 3.05) is 12.3 Å². The molecule has 0 bridgehead atoms. The standard InChI is InChI=1S/C13H19NOS/c1-11(2)8-9-14-13(15)10-16-12-6-4-3-5-7-12/h3-7,11H,8-10H2,1-2H3,(H,14,15). The van der Waals surface area contributed by atoms with E-state index >= 15 is 0 Å². The molecule has 0 aromatic heterocycles. The van der Waals surface area contributed by atoms with Crippen LogP contribution in [0.25, 0.3) is 0 Å². The molecule has 88 valence electrons. The molecule has 0 spiro atoms. The molecule has 0 saturated heterocycles. The Morgan fingerprint density at radius 2 is 2.00 bits per heavy atom. The summed E-state index contributed by atoms with van der Waals surface area (Å²) in [4.78, 5) is 12.6. The molecule has 0 radical (unpaired) electrons. The van der Waals surface area contributed by atoms with Gasteiger partial charge in [-0.3, -0.25) is 4.79 Å². The summed E-state index contributed by atoms with van der Waals surface area (Å²) < 4.78 is 0. The van der Waals surface area contributed by atoms with Crippen LogP contribution in [0.4, 0.5) is 0 Å². The fourth-order valence-corrected chi connectivity index (χ4v) is 1.97. The zero-order valence-electron chi connectivity index (χ0n) is 9.90. The van der Waals surface area contributed by atoms with E-state index in [1.165, 1.54) is 0 Å². The van der Waals surface area contributed by atoms with E-state index in [0.29, 0.717) is 11.7 Å². The molecule has 1 aromatic rings. The van der Waals surface area contributed by atoms with E-state index in [1.54, 1.807) is 11.8 Å². The number of amides is 1. The third kappa shape index (κ3) is 5.81. The summed E-state index contributed by atoms with van der Waals surface area (Å²) in [5.41, 5.74) is 0. The lowest BCUT2D eigenvalue weighted by atomic mass is 10.1. The molecular weight excluding hydrogens is 218 g/mol. The zero-order valence-corrected chi connectivity index (χ0v) is 10.7. The molecule has 0 aliphatic carbocycles. The molecular formula is C13H19NOS. The average Bonchev–Trinajstić information content (AvgIpc) is 2.27. The van der Waals surface area contributed by atoms with Gasteiger partial charge in [0.25, 0.3) is 0 Å². The van der Waals surface area contributed by atoms with Crippen molar-refractivity contribution in [3.8, 4) is 0 Å². The molecule has 0 atom stereocenters. The predicted octanol–water partition coefficient (Wildman–Crippen LogP) is 2.94. The van der Waals surface area contributed by atoms with Crippen LogP contribution in [0.2, 0.25) is 0 Å². The summed E-state index contributed by atoms with van der Waals surface area (Å²) in [5, 5.41) is 2.92. The summed E-state index contributed by atoms with van der Waals surface area (Å²) >= 11 is 1.58. The minimum atomic E-state index is 0.120. The van der Waals surface area contributed by atoms with Gasteiger partial charge in [0.2, 0.25) is 5.91 Å². The number of nitrogens with one attached hydrogen (secondary N) is 1. The van der Waals surface area contributed by atoms with Crippen LogP contribution >= 0.6 is 11.8 Å². The number of carbonyl (C=O) groups excluding carboxylic acids is 1. The quantitative estimate of drug-likeness (QED) is 0.771. The van der Waals surface area contributed by atoms with Crippen molar-refractivity contribution in [1.82, 2.24) is 5.32 Å². The Labute approximate surface area is 102 Å². The molecule has 1 N–H and O–H groups in total. The molecule has 0 unspecified atom stereocenters. The van der Waals surface area contributed by atoms with Crippen LogP contribution in [-0.2, 0) is 4.79 Å². The molecule has 0 aliphatic heterocycles.